The van der Waals surface area contributed by atoms with E-state index >= 15 is 0 Å². The van der Waals surface area contributed by atoms with Crippen molar-refractivity contribution in [3.05, 3.63) is 36.0 Å². The Hall–Kier alpha value is -2.69. The number of alkyl halides is 3. The van der Waals surface area contributed by atoms with E-state index in [4.69, 9.17) is 10.5 Å². The molecule has 0 saturated carbocycles. The maximum atomic E-state index is 12.6. The molecule has 134 valence electrons. The van der Waals surface area contributed by atoms with E-state index in [1.165, 1.54) is 17.3 Å². The Labute approximate surface area is 140 Å². The van der Waals surface area contributed by atoms with Gasteiger partial charge in [0.1, 0.15) is 24.2 Å². The van der Waals surface area contributed by atoms with Crippen molar-refractivity contribution in [3.63, 3.8) is 0 Å². The molecule has 0 aromatic carbocycles. The molecule has 2 aromatic heterocycles. The first kappa shape index (κ1) is 17.1. The average Bonchev–Trinajstić information content (AvgIpc) is 3.04. The Kier molecular flexibility index (Phi) is 4.57. The number of carbonyl (C=O) groups is 1. The first-order valence-electron chi connectivity index (χ1n) is 7.41. The summed E-state index contributed by atoms with van der Waals surface area (Å²) in [5, 5.41) is 3.38. The van der Waals surface area contributed by atoms with Crippen LogP contribution in [0.15, 0.2) is 24.7 Å². The van der Waals surface area contributed by atoms with Gasteiger partial charge in [-0.15, -0.1) is 0 Å². The largest absolute Gasteiger partial charge is 0.435 e. The molecule has 1 amide bonds. The van der Waals surface area contributed by atoms with Crippen LogP contribution in [0.25, 0.3) is 0 Å². The number of ether oxygens (including phenoxy) is 1. The lowest BCUT2D eigenvalue weighted by atomic mass is 10.2. The molecule has 0 bridgehead atoms. The second-order valence-corrected chi connectivity index (χ2v) is 5.42. The van der Waals surface area contributed by atoms with Gasteiger partial charge in [-0.1, -0.05) is 0 Å². The molecule has 2 N–H and O–H groups in total. The van der Waals surface area contributed by atoms with Crippen molar-refractivity contribution in [2.45, 2.75) is 18.8 Å². The molecule has 25 heavy (non-hydrogen) atoms. The van der Waals surface area contributed by atoms with Crippen molar-refractivity contribution >= 4 is 11.7 Å². The minimum Gasteiger partial charge on any atom is -0.382 e. The van der Waals surface area contributed by atoms with Crippen molar-refractivity contribution in [1.82, 2.24) is 24.6 Å². The second-order valence-electron chi connectivity index (χ2n) is 5.42. The number of nitrogens with two attached hydrogens (primary N) is 1. The molecule has 1 aliphatic heterocycles. The van der Waals surface area contributed by atoms with Gasteiger partial charge in [0.15, 0.2) is 5.69 Å². The van der Waals surface area contributed by atoms with E-state index in [0.717, 1.165) is 16.9 Å². The lowest BCUT2D eigenvalue weighted by Crippen LogP contribution is -2.44. The molecular weight excluding hydrogens is 341 g/mol. The molecule has 0 spiro atoms. The van der Waals surface area contributed by atoms with Gasteiger partial charge in [0, 0.05) is 25.1 Å². The van der Waals surface area contributed by atoms with Gasteiger partial charge in [0.05, 0.1) is 13.2 Å². The maximum absolute atomic E-state index is 12.6. The average molecular weight is 356 g/mol. The van der Waals surface area contributed by atoms with E-state index in [0.29, 0.717) is 12.2 Å². The van der Waals surface area contributed by atoms with Crippen molar-refractivity contribution < 1.29 is 22.7 Å². The lowest BCUT2D eigenvalue weighted by molar-refractivity contribution is -0.143. The van der Waals surface area contributed by atoms with Gasteiger partial charge >= 0.3 is 6.18 Å². The Morgan fingerprint density at radius 1 is 1.36 bits per heavy atom. The third kappa shape index (κ3) is 3.87. The van der Waals surface area contributed by atoms with E-state index in [9.17, 15) is 18.0 Å². The first-order valence-corrected chi connectivity index (χ1v) is 7.41. The summed E-state index contributed by atoms with van der Waals surface area (Å²) < 4.78 is 44.2. The van der Waals surface area contributed by atoms with Crippen LogP contribution in [-0.4, -0.2) is 50.3 Å². The highest BCUT2D eigenvalue weighted by Gasteiger charge is 2.34. The van der Waals surface area contributed by atoms with Crippen LogP contribution in [0, 0.1) is 0 Å². The van der Waals surface area contributed by atoms with Crippen LogP contribution in [0.1, 0.15) is 17.5 Å². The molecule has 1 saturated heterocycles. The Balaban J connectivity index is 1.66. The van der Waals surface area contributed by atoms with Gasteiger partial charge in [-0.05, 0) is 6.07 Å². The van der Waals surface area contributed by atoms with E-state index in [1.54, 1.807) is 0 Å². The van der Waals surface area contributed by atoms with Crippen LogP contribution < -0.4 is 5.73 Å². The number of aromatic nitrogens is 4. The van der Waals surface area contributed by atoms with E-state index in [-0.39, 0.29) is 31.4 Å². The number of hydrogen-bond donors (Lipinski definition) is 1. The minimum absolute atomic E-state index is 0.190. The minimum atomic E-state index is -4.54. The van der Waals surface area contributed by atoms with Crippen LogP contribution in [0.4, 0.5) is 19.0 Å². The number of rotatable bonds is 3. The number of morpholine rings is 1. The van der Waals surface area contributed by atoms with Crippen molar-refractivity contribution in [3.8, 4) is 0 Å². The predicted octanol–water partition coefficient (Wildman–Crippen LogP) is 0.874. The zero-order chi connectivity index (χ0) is 18.0. The number of carbonyl (C=O) groups excluding carboxylic acids is 1. The maximum Gasteiger partial charge on any atom is 0.435 e. The fraction of sp³-hybridized carbons (Fsp3) is 0.429. The molecule has 11 heteroatoms. The highest BCUT2D eigenvalue weighted by atomic mass is 19.4. The summed E-state index contributed by atoms with van der Waals surface area (Å²) in [6.07, 6.45) is -1.03. The smallest absolute Gasteiger partial charge is 0.382 e. The SMILES string of the molecule is Nc1nccnc1[C@@H]1CN(C(=O)Cn2ccc(C(F)(F)F)n2)CCO1. The molecule has 3 rings (SSSR count). The summed E-state index contributed by atoms with van der Waals surface area (Å²) in [6.45, 7) is 0.482. The Bertz CT molecular complexity index is 763. The molecule has 1 aliphatic rings. The van der Waals surface area contributed by atoms with Crippen LogP contribution in [-0.2, 0) is 22.3 Å². The van der Waals surface area contributed by atoms with E-state index in [1.807, 2.05) is 0 Å². The third-order valence-corrected chi connectivity index (χ3v) is 3.71. The van der Waals surface area contributed by atoms with Gasteiger partial charge in [0.25, 0.3) is 0 Å². The first-order chi connectivity index (χ1) is 11.8. The van der Waals surface area contributed by atoms with Crippen molar-refractivity contribution in [2.24, 2.45) is 0 Å². The Morgan fingerprint density at radius 3 is 2.80 bits per heavy atom. The van der Waals surface area contributed by atoms with E-state index in [2.05, 4.69) is 15.1 Å². The Morgan fingerprint density at radius 2 is 2.12 bits per heavy atom. The normalized spacial score (nSPS) is 18.4. The molecule has 0 unspecified atom stereocenters. The highest BCUT2D eigenvalue weighted by molar-refractivity contribution is 5.76. The quantitative estimate of drug-likeness (QED) is 0.876. The summed E-state index contributed by atoms with van der Waals surface area (Å²) in [4.78, 5) is 21.9. The molecule has 3 heterocycles. The molecule has 0 radical (unpaired) electrons. The number of anilines is 1. The fourth-order valence-corrected chi connectivity index (χ4v) is 2.49. The van der Waals surface area contributed by atoms with Crippen molar-refractivity contribution in [2.75, 3.05) is 25.4 Å². The zero-order valence-corrected chi connectivity index (χ0v) is 13.0. The number of amides is 1. The highest BCUT2D eigenvalue weighted by Crippen LogP contribution is 2.27. The van der Waals surface area contributed by atoms with Gasteiger partial charge in [-0.25, -0.2) is 4.98 Å². The molecule has 2 aromatic rings. The standard InChI is InChI=1S/C14H15F3N6O2/c15-14(16,17)10-1-4-23(21-10)8-11(24)22-5-6-25-9(7-22)12-13(18)20-3-2-19-12/h1-4,9H,5-8H2,(H2,18,20)/t9-/m0/s1. The summed E-state index contributed by atoms with van der Waals surface area (Å²) in [6, 6.07) is 0.829. The van der Waals surface area contributed by atoms with Gasteiger partial charge in [-0.3, -0.25) is 14.5 Å². The molecule has 1 atom stereocenters. The summed E-state index contributed by atoms with van der Waals surface area (Å²) in [5.41, 5.74) is 5.16. The van der Waals surface area contributed by atoms with Gasteiger partial charge in [0.2, 0.25) is 5.91 Å². The van der Waals surface area contributed by atoms with Crippen LogP contribution in [0.3, 0.4) is 0 Å². The molecule has 0 aliphatic carbocycles. The molecule has 8 nitrogen and oxygen atoms in total. The molecule has 1 fully saturated rings. The number of nitrogens with zero attached hydrogens (tertiary/aromatic N) is 5. The predicted molar refractivity (Wildman–Crippen MR) is 78.9 cm³/mol. The van der Waals surface area contributed by atoms with Crippen LogP contribution >= 0.6 is 0 Å². The third-order valence-electron chi connectivity index (χ3n) is 3.71. The van der Waals surface area contributed by atoms with E-state index < -0.39 is 18.0 Å². The van der Waals surface area contributed by atoms with Gasteiger partial charge in [-0.2, -0.15) is 18.3 Å². The number of hydrogen-bond acceptors (Lipinski definition) is 6. The monoisotopic (exact) mass is 356 g/mol. The summed E-state index contributed by atoms with van der Waals surface area (Å²) >= 11 is 0. The van der Waals surface area contributed by atoms with Crippen molar-refractivity contribution in [1.29, 1.82) is 0 Å². The van der Waals surface area contributed by atoms with Crippen LogP contribution in [0.2, 0.25) is 0 Å². The number of nitrogen functional groups attached to an aromatic ring is 1. The van der Waals surface area contributed by atoms with Gasteiger partial charge < -0.3 is 15.4 Å². The molecular formula is C14H15F3N6O2. The lowest BCUT2D eigenvalue weighted by Gasteiger charge is -2.32. The number of halogens is 3. The van der Waals surface area contributed by atoms with Crippen LogP contribution in [0.5, 0.6) is 0 Å². The second kappa shape index (κ2) is 6.67. The topological polar surface area (TPSA) is 99.2 Å². The summed E-state index contributed by atoms with van der Waals surface area (Å²) in [7, 11) is 0. The zero-order valence-electron chi connectivity index (χ0n) is 13.0. The summed E-state index contributed by atoms with van der Waals surface area (Å²) in [5.74, 6) is -0.156. The fourth-order valence-electron chi connectivity index (χ4n) is 2.49.